The lowest BCUT2D eigenvalue weighted by Gasteiger charge is -2.00. The van der Waals surface area contributed by atoms with Crippen molar-refractivity contribution in [3.63, 3.8) is 0 Å². The number of rotatable bonds is 1. The van der Waals surface area contributed by atoms with E-state index >= 15 is 0 Å². The molecule has 0 aliphatic heterocycles. The van der Waals surface area contributed by atoms with Gasteiger partial charge in [0.2, 0.25) is 0 Å². The largest absolute Gasteiger partial charge is 0.461 e. The lowest BCUT2D eigenvalue weighted by molar-refractivity contribution is -0.134. The standard InChI is InChI=1S/C6H10N2O2S/c1-3-10-6(9)5(8)11-4(2)7/h7-8H,3H2,1-2H3. The van der Waals surface area contributed by atoms with Crippen molar-refractivity contribution in [2.24, 2.45) is 0 Å². The van der Waals surface area contributed by atoms with Gasteiger partial charge in [-0.25, -0.2) is 4.79 Å². The molecule has 0 aromatic heterocycles. The normalized spacial score (nSPS) is 8.91. The van der Waals surface area contributed by atoms with Crippen molar-refractivity contribution in [1.29, 1.82) is 10.8 Å². The molecule has 0 saturated heterocycles. The molecule has 0 unspecified atom stereocenters. The zero-order chi connectivity index (χ0) is 8.85. The van der Waals surface area contributed by atoms with E-state index in [0.29, 0.717) is 0 Å². The summed E-state index contributed by atoms with van der Waals surface area (Å²) in [4.78, 5) is 10.7. The van der Waals surface area contributed by atoms with E-state index in [4.69, 9.17) is 10.8 Å². The fourth-order valence-corrected chi connectivity index (χ4v) is 0.840. The second-order valence-corrected chi connectivity index (χ2v) is 2.93. The molecule has 0 radical (unpaired) electrons. The lowest BCUT2D eigenvalue weighted by Crippen LogP contribution is -2.14. The summed E-state index contributed by atoms with van der Waals surface area (Å²) in [6.07, 6.45) is 0. The van der Waals surface area contributed by atoms with Gasteiger partial charge in [-0.05, 0) is 25.6 Å². The zero-order valence-electron chi connectivity index (χ0n) is 6.43. The summed E-state index contributed by atoms with van der Waals surface area (Å²) in [6, 6.07) is 0. The maximum atomic E-state index is 10.7. The first-order chi connectivity index (χ1) is 5.07. The molecule has 0 aromatic carbocycles. The van der Waals surface area contributed by atoms with E-state index in [0.717, 1.165) is 11.8 Å². The highest BCUT2D eigenvalue weighted by molar-refractivity contribution is 8.27. The molecular formula is C6H10N2O2S. The molecule has 0 saturated carbocycles. The third-order valence-corrected chi connectivity index (χ3v) is 1.39. The number of hydrogen-bond donors (Lipinski definition) is 2. The van der Waals surface area contributed by atoms with Gasteiger partial charge in [0.1, 0.15) is 0 Å². The van der Waals surface area contributed by atoms with E-state index < -0.39 is 5.97 Å². The van der Waals surface area contributed by atoms with E-state index in [1.165, 1.54) is 6.92 Å². The molecule has 62 valence electrons. The minimum absolute atomic E-state index is 0.211. The van der Waals surface area contributed by atoms with E-state index in [1.54, 1.807) is 6.92 Å². The molecule has 0 amide bonds. The van der Waals surface area contributed by atoms with Gasteiger partial charge >= 0.3 is 5.97 Å². The monoisotopic (exact) mass is 174 g/mol. The van der Waals surface area contributed by atoms with Gasteiger partial charge in [0.25, 0.3) is 0 Å². The molecule has 5 heteroatoms. The van der Waals surface area contributed by atoms with Crippen LogP contribution in [0.1, 0.15) is 13.8 Å². The van der Waals surface area contributed by atoms with E-state index in [-0.39, 0.29) is 16.7 Å². The number of ether oxygens (including phenoxy) is 1. The van der Waals surface area contributed by atoms with Crippen LogP contribution in [0.4, 0.5) is 0 Å². The predicted molar refractivity (Wildman–Crippen MR) is 45.4 cm³/mol. The van der Waals surface area contributed by atoms with Crippen LogP contribution >= 0.6 is 11.8 Å². The quantitative estimate of drug-likeness (QED) is 0.357. The molecule has 0 aliphatic rings. The van der Waals surface area contributed by atoms with Crippen molar-refractivity contribution in [2.75, 3.05) is 6.61 Å². The Morgan fingerprint density at radius 3 is 2.45 bits per heavy atom. The van der Waals surface area contributed by atoms with Crippen LogP contribution in [0.25, 0.3) is 0 Å². The minimum atomic E-state index is -0.663. The number of carbonyl (C=O) groups is 1. The fraction of sp³-hybridized carbons (Fsp3) is 0.500. The first-order valence-electron chi connectivity index (χ1n) is 3.06. The van der Waals surface area contributed by atoms with Crippen LogP contribution in [0.15, 0.2) is 0 Å². The van der Waals surface area contributed by atoms with Crippen molar-refractivity contribution in [1.82, 2.24) is 0 Å². The Balaban J connectivity index is 3.83. The number of nitrogens with one attached hydrogen (secondary N) is 2. The summed E-state index contributed by atoms with van der Waals surface area (Å²) >= 11 is 0.795. The van der Waals surface area contributed by atoms with Crippen molar-refractivity contribution in [2.45, 2.75) is 13.8 Å². The summed E-state index contributed by atoms with van der Waals surface area (Å²) in [5, 5.41) is 14.0. The SMILES string of the molecule is CCOC(=O)C(=N)SC(C)=N. The Bertz CT molecular complexity index is 191. The second-order valence-electron chi connectivity index (χ2n) is 1.71. The highest BCUT2D eigenvalue weighted by atomic mass is 32.2. The maximum Gasteiger partial charge on any atom is 0.363 e. The molecule has 11 heavy (non-hydrogen) atoms. The van der Waals surface area contributed by atoms with Gasteiger partial charge < -0.3 is 4.74 Å². The summed E-state index contributed by atoms with van der Waals surface area (Å²) in [5.74, 6) is -0.663. The van der Waals surface area contributed by atoms with Gasteiger partial charge in [0.05, 0.1) is 11.7 Å². The molecule has 0 fully saturated rings. The Morgan fingerprint density at radius 2 is 2.09 bits per heavy atom. The molecular weight excluding hydrogens is 164 g/mol. The van der Waals surface area contributed by atoms with Crippen LogP contribution in [0.3, 0.4) is 0 Å². The molecule has 0 atom stereocenters. The van der Waals surface area contributed by atoms with Gasteiger partial charge in [-0.2, -0.15) is 0 Å². The molecule has 4 nitrogen and oxygen atoms in total. The predicted octanol–water partition coefficient (Wildman–Crippen LogP) is 1.26. The fourth-order valence-electron chi connectivity index (χ4n) is 0.391. The number of carbonyl (C=O) groups excluding carboxylic acids is 1. The van der Waals surface area contributed by atoms with Crippen LogP contribution in [-0.4, -0.2) is 22.7 Å². The van der Waals surface area contributed by atoms with Gasteiger partial charge in [-0.1, -0.05) is 0 Å². The van der Waals surface area contributed by atoms with E-state index in [2.05, 4.69) is 4.74 Å². The minimum Gasteiger partial charge on any atom is -0.461 e. The average Bonchev–Trinajstić information content (AvgIpc) is 1.86. The van der Waals surface area contributed by atoms with E-state index in [9.17, 15) is 4.79 Å². The average molecular weight is 174 g/mol. The second kappa shape index (κ2) is 4.90. The van der Waals surface area contributed by atoms with Crippen molar-refractivity contribution < 1.29 is 9.53 Å². The van der Waals surface area contributed by atoms with Crippen LogP contribution in [-0.2, 0) is 9.53 Å². The summed E-state index contributed by atoms with van der Waals surface area (Å²) in [6.45, 7) is 3.45. The van der Waals surface area contributed by atoms with E-state index in [1.807, 2.05) is 0 Å². The van der Waals surface area contributed by atoms with Crippen LogP contribution in [0, 0.1) is 10.8 Å². The molecule has 0 heterocycles. The van der Waals surface area contributed by atoms with Crippen molar-refractivity contribution in [3.8, 4) is 0 Å². The van der Waals surface area contributed by atoms with Gasteiger partial charge in [0, 0.05) is 0 Å². The number of hydrogen-bond acceptors (Lipinski definition) is 5. The third-order valence-electron chi connectivity index (χ3n) is 0.716. The van der Waals surface area contributed by atoms with Gasteiger partial charge in [-0.3, -0.25) is 10.8 Å². The topological polar surface area (TPSA) is 74.0 Å². The highest BCUT2D eigenvalue weighted by Gasteiger charge is 2.10. The molecule has 0 bridgehead atoms. The Hall–Kier alpha value is -0.840. The highest BCUT2D eigenvalue weighted by Crippen LogP contribution is 2.04. The number of esters is 1. The Morgan fingerprint density at radius 1 is 1.55 bits per heavy atom. The molecule has 0 rings (SSSR count). The number of thioether (sulfide) groups is 1. The van der Waals surface area contributed by atoms with Gasteiger partial charge in [-0.15, -0.1) is 0 Å². The first kappa shape index (κ1) is 10.2. The van der Waals surface area contributed by atoms with Gasteiger partial charge in [0.15, 0.2) is 5.04 Å². The van der Waals surface area contributed by atoms with Crippen LogP contribution in [0.5, 0.6) is 0 Å². The molecule has 0 spiro atoms. The molecule has 2 N–H and O–H groups in total. The van der Waals surface area contributed by atoms with Crippen molar-refractivity contribution >= 4 is 27.8 Å². The first-order valence-corrected chi connectivity index (χ1v) is 3.88. The Labute approximate surface area is 69.3 Å². The maximum absolute atomic E-state index is 10.7. The summed E-state index contributed by atoms with van der Waals surface area (Å²) < 4.78 is 4.52. The zero-order valence-corrected chi connectivity index (χ0v) is 7.25. The van der Waals surface area contributed by atoms with Crippen LogP contribution in [0.2, 0.25) is 0 Å². The molecule has 0 aromatic rings. The third kappa shape index (κ3) is 4.55. The Kier molecular flexibility index (Phi) is 4.52. The molecule has 0 aliphatic carbocycles. The van der Waals surface area contributed by atoms with Crippen LogP contribution < -0.4 is 0 Å². The summed E-state index contributed by atoms with van der Waals surface area (Å²) in [5.41, 5.74) is 0. The van der Waals surface area contributed by atoms with Crippen molar-refractivity contribution in [3.05, 3.63) is 0 Å². The lowest BCUT2D eigenvalue weighted by atomic mass is 10.7. The smallest absolute Gasteiger partial charge is 0.363 e. The summed E-state index contributed by atoms with van der Waals surface area (Å²) in [7, 11) is 0.